The van der Waals surface area contributed by atoms with E-state index in [1.807, 2.05) is 30.3 Å². The Morgan fingerprint density at radius 3 is 2.51 bits per heavy atom. The number of hydrogen-bond donors (Lipinski definition) is 1. The smallest absolute Gasteiger partial charge is 0.326 e. The number of carbonyl (C=O) groups excluding carboxylic acids is 1. The summed E-state index contributed by atoms with van der Waals surface area (Å²) < 4.78 is 69.6. The van der Waals surface area contributed by atoms with Crippen LogP contribution in [0.25, 0.3) is 33.4 Å². The zero-order valence-corrected chi connectivity index (χ0v) is 19.2. The van der Waals surface area contributed by atoms with Crippen LogP contribution in [0, 0.1) is 0 Å². The first-order valence-electron chi connectivity index (χ1n) is 10.2. The molecule has 0 bridgehead atoms. The van der Waals surface area contributed by atoms with Gasteiger partial charge in [0.2, 0.25) is 5.91 Å². The van der Waals surface area contributed by atoms with Crippen molar-refractivity contribution in [2.24, 2.45) is 7.05 Å². The van der Waals surface area contributed by atoms with E-state index < -0.39 is 32.5 Å². The van der Waals surface area contributed by atoms with Gasteiger partial charge >= 0.3 is 15.4 Å². The van der Waals surface area contributed by atoms with Gasteiger partial charge in [-0.1, -0.05) is 41.6 Å². The number of alkyl halides is 2. The zero-order chi connectivity index (χ0) is 25.4. The van der Waals surface area contributed by atoms with Gasteiger partial charge in [0.15, 0.2) is 0 Å². The fourth-order valence-corrected chi connectivity index (χ4v) is 4.06. The molecule has 0 aliphatic carbocycles. The lowest BCUT2D eigenvalue weighted by Crippen LogP contribution is -2.28. The van der Waals surface area contributed by atoms with Crippen molar-refractivity contribution in [3.05, 3.63) is 60.6 Å². The SMILES string of the molecule is CCC(=O)Nc1cc2c(-c3cn(C)nc3-c3ccccc3)ncnc2cc1C(F)(F)S(=O)(=O)OF. The second-order valence-corrected chi connectivity index (χ2v) is 9.05. The molecule has 9 nitrogen and oxygen atoms in total. The van der Waals surface area contributed by atoms with Gasteiger partial charge in [-0.25, -0.2) is 9.97 Å². The standard InChI is InChI=1S/C22H18F3N5O4S/c1-3-19(31)28-18-9-14-17(10-16(18)22(23,24)35(32,33)34-25)26-12-27-21(14)15-11-30(2)29-20(15)13-7-5-4-6-8-13/h4-12H,3H2,1-2H3,(H,28,31). The number of aromatic nitrogens is 4. The van der Waals surface area contributed by atoms with Crippen molar-refractivity contribution in [1.29, 1.82) is 0 Å². The van der Waals surface area contributed by atoms with Crippen LogP contribution >= 0.6 is 0 Å². The van der Waals surface area contributed by atoms with Gasteiger partial charge in [0, 0.05) is 36.2 Å². The van der Waals surface area contributed by atoms with Crippen LogP contribution in [-0.4, -0.2) is 34.1 Å². The molecule has 0 fully saturated rings. The molecular weight excluding hydrogens is 487 g/mol. The summed E-state index contributed by atoms with van der Waals surface area (Å²) in [5.41, 5.74) is 0.320. The predicted molar refractivity (Wildman–Crippen MR) is 121 cm³/mol. The molecule has 0 spiro atoms. The molecule has 13 heteroatoms. The largest absolute Gasteiger partial charge is 0.399 e. The molecule has 4 rings (SSSR count). The molecule has 0 unspecified atom stereocenters. The maximum Gasteiger partial charge on any atom is 0.399 e. The van der Waals surface area contributed by atoms with Crippen molar-refractivity contribution in [1.82, 2.24) is 19.7 Å². The minimum absolute atomic E-state index is 0.0731. The molecule has 35 heavy (non-hydrogen) atoms. The first kappa shape index (κ1) is 24.3. The maximum atomic E-state index is 14.8. The van der Waals surface area contributed by atoms with Crippen molar-refractivity contribution in [3.63, 3.8) is 0 Å². The number of hydrogen-bond acceptors (Lipinski definition) is 7. The van der Waals surface area contributed by atoms with Crippen LogP contribution in [0.4, 0.5) is 19.0 Å². The number of nitrogens with one attached hydrogen (secondary N) is 1. The van der Waals surface area contributed by atoms with Crippen LogP contribution in [0.3, 0.4) is 0 Å². The minimum Gasteiger partial charge on any atom is -0.326 e. The number of halogens is 3. The third kappa shape index (κ3) is 4.35. The van der Waals surface area contributed by atoms with Crippen LogP contribution in [0.1, 0.15) is 18.9 Å². The van der Waals surface area contributed by atoms with Crippen LogP contribution in [-0.2, 0) is 31.6 Å². The Kier molecular flexibility index (Phi) is 6.30. The van der Waals surface area contributed by atoms with E-state index >= 15 is 0 Å². The molecule has 0 saturated carbocycles. The van der Waals surface area contributed by atoms with Gasteiger partial charge < -0.3 is 5.32 Å². The van der Waals surface area contributed by atoms with Gasteiger partial charge in [-0.3, -0.25) is 9.48 Å². The molecule has 0 aliphatic heterocycles. The molecule has 0 saturated heterocycles. The van der Waals surface area contributed by atoms with E-state index in [0.717, 1.165) is 24.0 Å². The first-order valence-corrected chi connectivity index (χ1v) is 11.6. The first-order chi connectivity index (χ1) is 16.6. The fourth-order valence-electron chi connectivity index (χ4n) is 3.55. The third-order valence-electron chi connectivity index (χ3n) is 5.21. The predicted octanol–water partition coefficient (Wildman–Crippen LogP) is 4.33. The molecule has 1 amide bonds. The highest BCUT2D eigenvalue weighted by molar-refractivity contribution is 7.87. The third-order valence-corrected chi connectivity index (χ3v) is 6.23. The molecule has 2 aromatic heterocycles. The van der Waals surface area contributed by atoms with Crippen molar-refractivity contribution in [2.75, 3.05) is 5.32 Å². The molecular formula is C22H18F3N5O4S. The normalized spacial score (nSPS) is 12.1. The minimum atomic E-state index is -5.99. The Balaban J connectivity index is 2.01. The van der Waals surface area contributed by atoms with E-state index in [0.29, 0.717) is 17.0 Å². The van der Waals surface area contributed by atoms with E-state index in [-0.39, 0.29) is 17.3 Å². The van der Waals surface area contributed by atoms with E-state index in [1.54, 1.807) is 17.9 Å². The Morgan fingerprint density at radius 1 is 1.14 bits per heavy atom. The maximum absolute atomic E-state index is 14.8. The lowest BCUT2D eigenvalue weighted by Gasteiger charge is -2.19. The van der Waals surface area contributed by atoms with Gasteiger partial charge in [-0.2, -0.15) is 22.3 Å². The van der Waals surface area contributed by atoms with Gasteiger partial charge in [0.25, 0.3) is 0 Å². The number of amides is 1. The van der Waals surface area contributed by atoms with Crippen LogP contribution < -0.4 is 5.32 Å². The fraction of sp³-hybridized carbons (Fsp3) is 0.182. The summed E-state index contributed by atoms with van der Waals surface area (Å²) in [5.74, 6) is -0.676. The summed E-state index contributed by atoms with van der Waals surface area (Å²) in [5, 5.41) is 2.12. The summed E-state index contributed by atoms with van der Waals surface area (Å²) in [4.78, 5) is 20.3. The summed E-state index contributed by atoms with van der Waals surface area (Å²) in [6, 6.07) is 11.0. The highest BCUT2D eigenvalue weighted by atomic mass is 32.2. The highest BCUT2D eigenvalue weighted by Gasteiger charge is 2.51. The molecule has 0 radical (unpaired) electrons. The average molecular weight is 505 g/mol. The Labute approximate surface area is 197 Å². The second-order valence-electron chi connectivity index (χ2n) is 7.50. The molecule has 0 atom stereocenters. The molecule has 182 valence electrons. The summed E-state index contributed by atoms with van der Waals surface area (Å²) in [6.07, 6.45) is 2.71. The Hall–Kier alpha value is -3.84. The lowest BCUT2D eigenvalue weighted by atomic mass is 10.0. The monoisotopic (exact) mass is 505 g/mol. The second kappa shape index (κ2) is 9.07. The highest BCUT2D eigenvalue weighted by Crippen LogP contribution is 2.43. The Morgan fingerprint density at radius 2 is 1.86 bits per heavy atom. The average Bonchev–Trinajstić information content (AvgIpc) is 3.24. The zero-order valence-electron chi connectivity index (χ0n) is 18.4. The molecule has 1 N–H and O–H groups in total. The van der Waals surface area contributed by atoms with Gasteiger partial charge in [-0.15, -0.1) is 0 Å². The Bertz CT molecular complexity index is 1530. The lowest BCUT2D eigenvalue weighted by molar-refractivity contribution is -0.115. The van der Waals surface area contributed by atoms with Crippen LogP contribution in [0.2, 0.25) is 0 Å². The summed E-state index contributed by atoms with van der Waals surface area (Å²) >= 11 is 0. The number of benzene rings is 2. The van der Waals surface area contributed by atoms with Gasteiger partial charge in [0.05, 0.1) is 22.5 Å². The van der Waals surface area contributed by atoms with Crippen molar-refractivity contribution < 1.29 is 30.9 Å². The van der Waals surface area contributed by atoms with E-state index in [2.05, 4.69) is 24.8 Å². The quantitative estimate of drug-likeness (QED) is 0.398. The summed E-state index contributed by atoms with van der Waals surface area (Å²) in [6.45, 7) is 1.48. The van der Waals surface area contributed by atoms with Crippen molar-refractivity contribution in [2.45, 2.75) is 18.6 Å². The molecule has 2 aromatic carbocycles. The van der Waals surface area contributed by atoms with Gasteiger partial charge in [-0.05, 0) is 16.7 Å². The number of rotatable bonds is 7. The number of fused-ring (bicyclic) bond motifs is 1. The number of carbonyl (C=O) groups is 1. The number of aryl methyl sites for hydroxylation is 1. The molecule has 4 aromatic rings. The van der Waals surface area contributed by atoms with E-state index in [1.165, 1.54) is 6.92 Å². The van der Waals surface area contributed by atoms with Gasteiger partial charge in [0.1, 0.15) is 12.0 Å². The van der Waals surface area contributed by atoms with Crippen molar-refractivity contribution >= 4 is 32.6 Å². The van der Waals surface area contributed by atoms with E-state index in [9.17, 15) is 26.5 Å². The van der Waals surface area contributed by atoms with Crippen LogP contribution in [0.15, 0.2) is 55.0 Å². The summed E-state index contributed by atoms with van der Waals surface area (Å²) in [7, 11) is -4.29. The molecule has 0 aliphatic rings. The number of anilines is 1. The molecule has 2 heterocycles. The van der Waals surface area contributed by atoms with E-state index in [4.69, 9.17) is 0 Å². The van der Waals surface area contributed by atoms with Crippen molar-refractivity contribution in [3.8, 4) is 22.5 Å². The topological polar surface area (TPSA) is 116 Å². The van der Waals surface area contributed by atoms with Crippen LogP contribution in [0.5, 0.6) is 0 Å². The number of nitrogens with zero attached hydrogens (tertiary/aromatic N) is 4.